The Balaban J connectivity index is 1.49. The van der Waals surface area contributed by atoms with Crippen LogP contribution in [0.25, 0.3) is 16.4 Å². The summed E-state index contributed by atoms with van der Waals surface area (Å²) in [6.07, 6.45) is 1.57. The topological polar surface area (TPSA) is 94.6 Å². The second-order valence-corrected chi connectivity index (χ2v) is 6.05. The lowest BCUT2D eigenvalue weighted by Gasteiger charge is -2.08. The number of benzene rings is 1. The predicted molar refractivity (Wildman–Crippen MR) is 88.8 cm³/mol. The smallest absolute Gasteiger partial charge is 0.246 e. The first-order valence-electron chi connectivity index (χ1n) is 7.24. The lowest BCUT2D eigenvalue weighted by Crippen LogP contribution is -2.03. The Morgan fingerprint density at radius 1 is 1.29 bits per heavy atom. The molecule has 1 N–H and O–H groups in total. The number of hydrogen-bond acceptors (Lipinski definition) is 8. The van der Waals surface area contributed by atoms with E-state index in [4.69, 9.17) is 4.52 Å². The molecule has 4 aromatic rings. The van der Waals surface area contributed by atoms with Gasteiger partial charge >= 0.3 is 0 Å². The van der Waals surface area contributed by atoms with Gasteiger partial charge in [-0.25, -0.2) is 4.68 Å². The minimum Gasteiger partial charge on any atom is -0.376 e. The van der Waals surface area contributed by atoms with E-state index >= 15 is 0 Å². The second kappa shape index (κ2) is 6.20. The number of tetrazole rings is 1. The molecule has 24 heavy (non-hydrogen) atoms. The Bertz CT molecular complexity index is 931. The monoisotopic (exact) mass is 339 g/mol. The first-order chi connectivity index (χ1) is 11.8. The summed E-state index contributed by atoms with van der Waals surface area (Å²) in [7, 11) is 0. The van der Waals surface area contributed by atoms with Crippen molar-refractivity contribution in [3.05, 3.63) is 53.5 Å². The van der Waals surface area contributed by atoms with E-state index in [1.54, 1.807) is 22.3 Å². The highest BCUT2D eigenvalue weighted by Crippen LogP contribution is 2.22. The maximum atomic E-state index is 5.28. The Labute approximate surface area is 141 Å². The molecular weight excluding hydrogens is 326 g/mol. The standard InChI is InChI=1S/C15H13N7OS/c1-10-4-5-11(7-12(10)22-9-17-20-21-22)16-8-14-18-15(19-23-14)13-3-2-6-24-13/h2-7,9,16H,8H2,1H3. The summed E-state index contributed by atoms with van der Waals surface area (Å²) in [5.74, 6) is 1.14. The van der Waals surface area contributed by atoms with Gasteiger partial charge in [0, 0.05) is 5.69 Å². The minimum absolute atomic E-state index is 0.441. The van der Waals surface area contributed by atoms with Crippen LogP contribution >= 0.6 is 11.3 Å². The van der Waals surface area contributed by atoms with Crippen molar-refractivity contribution in [3.63, 3.8) is 0 Å². The van der Waals surface area contributed by atoms with Gasteiger partial charge in [-0.2, -0.15) is 4.98 Å². The first kappa shape index (κ1) is 14.5. The normalized spacial score (nSPS) is 10.9. The first-order valence-corrected chi connectivity index (χ1v) is 8.12. The number of thiophene rings is 1. The zero-order valence-corrected chi connectivity index (χ0v) is 13.6. The van der Waals surface area contributed by atoms with Crippen LogP contribution in [0.4, 0.5) is 5.69 Å². The van der Waals surface area contributed by atoms with E-state index in [2.05, 4.69) is 31.0 Å². The SMILES string of the molecule is Cc1ccc(NCc2nc(-c3cccs3)no2)cc1-n1cnnn1. The van der Waals surface area contributed by atoms with Crippen molar-refractivity contribution in [3.8, 4) is 16.4 Å². The van der Waals surface area contributed by atoms with Gasteiger partial charge in [0.2, 0.25) is 11.7 Å². The Morgan fingerprint density at radius 2 is 2.25 bits per heavy atom. The van der Waals surface area contributed by atoms with E-state index in [1.807, 2.05) is 42.6 Å². The molecule has 3 heterocycles. The molecule has 9 heteroatoms. The minimum atomic E-state index is 0.441. The number of hydrogen-bond donors (Lipinski definition) is 1. The van der Waals surface area contributed by atoms with Crippen LogP contribution in [0, 0.1) is 6.92 Å². The van der Waals surface area contributed by atoms with Gasteiger partial charge in [0.15, 0.2) is 0 Å². The fourth-order valence-electron chi connectivity index (χ4n) is 2.25. The van der Waals surface area contributed by atoms with Gasteiger partial charge in [-0.3, -0.25) is 0 Å². The lowest BCUT2D eigenvalue weighted by atomic mass is 10.2. The highest BCUT2D eigenvalue weighted by molar-refractivity contribution is 7.13. The summed E-state index contributed by atoms with van der Waals surface area (Å²) < 4.78 is 6.91. The molecule has 0 aliphatic rings. The van der Waals surface area contributed by atoms with Gasteiger partial charge in [0.05, 0.1) is 17.1 Å². The van der Waals surface area contributed by atoms with Gasteiger partial charge < -0.3 is 9.84 Å². The van der Waals surface area contributed by atoms with Crippen molar-refractivity contribution in [2.45, 2.75) is 13.5 Å². The van der Waals surface area contributed by atoms with Crippen LogP contribution in [0.2, 0.25) is 0 Å². The maximum absolute atomic E-state index is 5.28. The molecule has 0 aliphatic carbocycles. The third-order valence-corrected chi connectivity index (χ3v) is 4.32. The number of rotatable bonds is 5. The second-order valence-electron chi connectivity index (χ2n) is 5.10. The van der Waals surface area contributed by atoms with Crippen molar-refractivity contribution in [2.75, 3.05) is 5.32 Å². The Morgan fingerprint density at radius 3 is 3.04 bits per heavy atom. The third-order valence-electron chi connectivity index (χ3n) is 3.46. The molecule has 4 rings (SSSR count). The van der Waals surface area contributed by atoms with Gasteiger partial charge in [0.25, 0.3) is 0 Å². The van der Waals surface area contributed by atoms with E-state index in [1.165, 1.54) is 0 Å². The fraction of sp³-hybridized carbons (Fsp3) is 0.133. The van der Waals surface area contributed by atoms with Crippen LogP contribution in [-0.4, -0.2) is 30.3 Å². The highest BCUT2D eigenvalue weighted by Gasteiger charge is 2.10. The van der Waals surface area contributed by atoms with Crippen LogP contribution < -0.4 is 5.32 Å². The lowest BCUT2D eigenvalue weighted by molar-refractivity contribution is 0.384. The van der Waals surface area contributed by atoms with Crippen molar-refractivity contribution >= 4 is 17.0 Å². The maximum Gasteiger partial charge on any atom is 0.246 e. The summed E-state index contributed by atoms with van der Waals surface area (Å²) in [5, 5.41) is 20.5. The number of aryl methyl sites for hydroxylation is 1. The van der Waals surface area contributed by atoms with Gasteiger partial charge in [-0.05, 0) is 46.5 Å². The van der Waals surface area contributed by atoms with Crippen LogP contribution in [0.1, 0.15) is 11.5 Å². The molecule has 0 spiro atoms. The summed E-state index contributed by atoms with van der Waals surface area (Å²) >= 11 is 1.58. The number of nitrogens with zero attached hydrogens (tertiary/aromatic N) is 6. The molecule has 0 bridgehead atoms. The summed E-state index contributed by atoms with van der Waals surface area (Å²) in [5.41, 5.74) is 2.90. The third kappa shape index (κ3) is 2.88. The molecule has 0 aliphatic heterocycles. The molecule has 0 saturated carbocycles. The van der Waals surface area contributed by atoms with E-state index < -0.39 is 0 Å². The molecule has 0 radical (unpaired) electrons. The molecule has 120 valence electrons. The molecule has 3 aromatic heterocycles. The number of nitrogens with one attached hydrogen (secondary N) is 1. The van der Waals surface area contributed by atoms with Crippen molar-refractivity contribution < 1.29 is 4.52 Å². The molecule has 0 amide bonds. The average molecular weight is 339 g/mol. The molecule has 8 nitrogen and oxygen atoms in total. The molecule has 0 fully saturated rings. The number of anilines is 1. The zero-order chi connectivity index (χ0) is 16.4. The fourth-order valence-corrected chi connectivity index (χ4v) is 2.90. The molecule has 0 atom stereocenters. The van der Waals surface area contributed by atoms with Gasteiger partial charge in [-0.15, -0.1) is 16.4 Å². The van der Waals surface area contributed by atoms with Crippen molar-refractivity contribution in [1.82, 2.24) is 30.3 Å². The Kier molecular flexibility index (Phi) is 3.75. The molecule has 0 unspecified atom stereocenters. The predicted octanol–water partition coefficient (Wildman–Crippen LogP) is 2.69. The van der Waals surface area contributed by atoms with E-state index in [0.717, 1.165) is 21.8 Å². The van der Waals surface area contributed by atoms with E-state index in [0.29, 0.717) is 18.3 Å². The highest BCUT2D eigenvalue weighted by atomic mass is 32.1. The van der Waals surface area contributed by atoms with Gasteiger partial charge in [0.1, 0.15) is 6.33 Å². The van der Waals surface area contributed by atoms with Crippen LogP contribution in [0.15, 0.2) is 46.6 Å². The Hall–Kier alpha value is -3.07. The van der Waals surface area contributed by atoms with Crippen molar-refractivity contribution in [1.29, 1.82) is 0 Å². The summed E-state index contributed by atoms with van der Waals surface area (Å²) in [4.78, 5) is 5.38. The van der Waals surface area contributed by atoms with Crippen molar-refractivity contribution in [2.24, 2.45) is 0 Å². The van der Waals surface area contributed by atoms with E-state index in [-0.39, 0.29) is 0 Å². The van der Waals surface area contributed by atoms with Crippen LogP contribution in [-0.2, 0) is 6.54 Å². The quantitative estimate of drug-likeness (QED) is 0.597. The summed E-state index contributed by atoms with van der Waals surface area (Å²) in [6, 6.07) is 9.89. The van der Waals surface area contributed by atoms with E-state index in [9.17, 15) is 0 Å². The zero-order valence-electron chi connectivity index (χ0n) is 12.7. The molecular formula is C15H13N7OS. The van der Waals surface area contributed by atoms with Crippen LogP contribution in [0.3, 0.4) is 0 Å². The summed E-state index contributed by atoms with van der Waals surface area (Å²) in [6.45, 7) is 2.45. The number of aromatic nitrogens is 6. The molecule has 1 aromatic carbocycles. The van der Waals surface area contributed by atoms with Gasteiger partial charge in [-0.1, -0.05) is 17.3 Å². The largest absolute Gasteiger partial charge is 0.376 e. The van der Waals surface area contributed by atoms with Crippen LogP contribution in [0.5, 0.6) is 0 Å². The molecule has 0 saturated heterocycles. The average Bonchev–Trinajstić information content (AvgIpc) is 3.34.